The van der Waals surface area contributed by atoms with Crippen LogP contribution in [0.4, 0.5) is 5.69 Å². The van der Waals surface area contributed by atoms with E-state index in [-0.39, 0.29) is 5.91 Å². The number of nitrogens with two attached hydrogens (primary N) is 1. The molecule has 1 unspecified atom stereocenters. The molecule has 6 heteroatoms. The number of nitrogens with one attached hydrogen (secondary N) is 1. The third-order valence-electron chi connectivity index (χ3n) is 3.16. The summed E-state index contributed by atoms with van der Waals surface area (Å²) in [6.45, 7) is 1.79. The second kappa shape index (κ2) is 5.23. The highest BCUT2D eigenvalue weighted by molar-refractivity contribution is 9.11. The maximum Gasteiger partial charge on any atom is 0.244 e. The van der Waals surface area contributed by atoms with Crippen LogP contribution in [-0.4, -0.2) is 11.4 Å². The Kier molecular flexibility index (Phi) is 4.21. The minimum Gasteiger partial charge on any atom is -0.323 e. The molecule has 0 spiro atoms. The van der Waals surface area contributed by atoms with Crippen molar-refractivity contribution in [3.63, 3.8) is 0 Å². The predicted octanol–water partition coefficient (Wildman–Crippen LogP) is 4.04. The minimum absolute atomic E-state index is 0.145. The lowest BCUT2D eigenvalue weighted by Crippen LogP contribution is -2.50. The fraction of sp³-hybridized carbons (Fsp3) is 0.417. The first-order valence-electron chi connectivity index (χ1n) is 5.57. The maximum absolute atomic E-state index is 12.2. The molecule has 1 fully saturated rings. The molecule has 1 aromatic carbocycles. The van der Waals surface area contributed by atoms with Gasteiger partial charge in [-0.3, -0.25) is 4.79 Å². The summed E-state index contributed by atoms with van der Waals surface area (Å²) in [5.41, 5.74) is 6.00. The van der Waals surface area contributed by atoms with E-state index < -0.39 is 5.54 Å². The van der Waals surface area contributed by atoms with Crippen molar-refractivity contribution < 1.29 is 4.79 Å². The minimum atomic E-state index is -0.800. The van der Waals surface area contributed by atoms with Gasteiger partial charge in [-0.25, -0.2) is 0 Å². The Morgan fingerprint density at radius 1 is 1.33 bits per heavy atom. The van der Waals surface area contributed by atoms with Crippen LogP contribution >= 0.6 is 47.8 Å². The van der Waals surface area contributed by atoms with E-state index in [2.05, 4.69) is 53.1 Å². The SMILES string of the molecule is CC(N)(C(=O)Nc1c(Br)cc(Br)cc1Br)C1CC1. The third kappa shape index (κ3) is 2.98. The van der Waals surface area contributed by atoms with Crippen LogP contribution in [0.1, 0.15) is 19.8 Å². The van der Waals surface area contributed by atoms with Gasteiger partial charge in [-0.2, -0.15) is 0 Å². The highest BCUT2D eigenvalue weighted by Crippen LogP contribution is 2.40. The Hall–Kier alpha value is 0.0900. The van der Waals surface area contributed by atoms with Crippen LogP contribution in [0.3, 0.4) is 0 Å². The van der Waals surface area contributed by atoms with Crippen molar-refractivity contribution in [2.24, 2.45) is 11.7 Å². The largest absolute Gasteiger partial charge is 0.323 e. The number of rotatable bonds is 3. The standard InChI is InChI=1S/C12H13Br3N2O/c1-12(16,6-2-3-6)11(18)17-10-8(14)4-7(13)5-9(10)15/h4-6H,2-3,16H2,1H3,(H,17,18). The molecule has 1 saturated carbocycles. The summed E-state index contributed by atoms with van der Waals surface area (Å²) in [6, 6.07) is 3.76. The summed E-state index contributed by atoms with van der Waals surface area (Å²) in [6.07, 6.45) is 2.06. The van der Waals surface area contributed by atoms with E-state index in [1.165, 1.54) is 0 Å². The van der Waals surface area contributed by atoms with Crippen molar-refractivity contribution in [3.05, 3.63) is 25.6 Å². The lowest BCUT2D eigenvalue weighted by Gasteiger charge is -2.24. The second-order valence-electron chi connectivity index (χ2n) is 4.76. The molecule has 0 saturated heterocycles. The Balaban J connectivity index is 2.21. The summed E-state index contributed by atoms with van der Waals surface area (Å²) in [7, 11) is 0. The normalized spacial score (nSPS) is 18.3. The van der Waals surface area contributed by atoms with Gasteiger partial charge < -0.3 is 11.1 Å². The van der Waals surface area contributed by atoms with Crippen LogP contribution in [0.25, 0.3) is 0 Å². The third-order valence-corrected chi connectivity index (χ3v) is 4.87. The molecular formula is C12H13Br3N2O. The number of amides is 1. The zero-order valence-electron chi connectivity index (χ0n) is 9.77. The first kappa shape index (κ1) is 14.5. The van der Waals surface area contributed by atoms with Crippen molar-refractivity contribution in [1.29, 1.82) is 0 Å². The molecule has 0 heterocycles. The Labute approximate surface area is 131 Å². The smallest absolute Gasteiger partial charge is 0.244 e. The molecule has 0 aliphatic heterocycles. The second-order valence-corrected chi connectivity index (χ2v) is 7.38. The Morgan fingerprint density at radius 2 is 1.83 bits per heavy atom. The van der Waals surface area contributed by atoms with Gasteiger partial charge in [0.05, 0.1) is 11.2 Å². The van der Waals surface area contributed by atoms with E-state index in [4.69, 9.17) is 5.73 Å². The van der Waals surface area contributed by atoms with Crippen LogP contribution in [0, 0.1) is 5.92 Å². The van der Waals surface area contributed by atoms with E-state index in [0.717, 1.165) is 26.3 Å². The molecule has 98 valence electrons. The highest BCUT2D eigenvalue weighted by Gasteiger charge is 2.44. The van der Waals surface area contributed by atoms with Gasteiger partial charge in [0.25, 0.3) is 0 Å². The monoisotopic (exact) mass is 438 g/mol. The molecule has 3 N–H and O–H groups in total. The van der Waals surface area contributed by atoms with Crippen LogP contribution in [0.5, 0.6) is 0 Å². The van der Waals surface area contributed by atoms with E-state index in [9.17, 15) is 4.79 Å². The average molecular weight is 441 g/mol. The van der Waals surface area contributed by atoms with Gasteiger partial charge in [0, 0.05) is 13.4 Å². The molecule has 1 aliphatic rings. The topological polar surface area (TPSA) is 55.1 Å². The molecule has 1 amide bonds. The number of benzene rings is 1. The van der Waals surface area contributed by atoms with Crippen molar-refractivity contribution in [2.75, 3.05) is 5.32 Å². The molecule has 0 aromatic heterocycles. The lowest BCUT2D eigenvalue weighted by molar-refractivity contribution is -0.121. The van der Waals surface area contributed by atoms with Gasteiger partial charge in [-0.1, -0.05) is 15.9 Å². The number of hydrogen-bond acceptors (Lipinski definition) is 2. The molecule has 1 aliphatic carbocycles. The number of hydrogen-bond donors (Lipinski definition) is 2. The number of carbonyl (C=O) groups is 1. The van der Waals surface area contributed by atoms with Gasteiger partial charge in [-0.05, 0) is 69.7 Å². The van der Waals surface area contributed by atoms with E-state index in [0.29, 0.717) is 11.6 Å². The van der Waals surface area contributed by atoms with Gasteiger partial charge in [0.2, 0.25) is 5.91 Å². The van der Waals surface area contributed by atoms with Crippen molar-refractivity contribution in [2.45, 2.75) is 25.3 Å². The molecule has 0 bridgehead atoms. The molecule has 2 rings (SSSR count). The molecular weight excluding hydrogens is 428 g/mol. The van der Waals surface area contributed by atoms with Crippen molar-refractivity contribution in [1.82, 2.24) is 0 Å². The molecule has 3 nitrogen and oxygen atoms in total. The fourth-order valence-electron chi connectivity index (χ4n) is 1.78. The lowest BCUT2D eigenvalue weighted by atomic mass is 9.96. The first-order chi connectivity index (χ1) is 8.32. The molecule has 1 aromatic rings. The summed E-state index contributed by atoms with van der Waals surface area (Å²) >= 11 is 10.2. The van der Waals surface area contributed by atoms with Crippen LogP contribution in [0.2, 0.25) is 0 Å². The van der Waals surface area contributed by atoms with Gasteiger partial charge in [0.1, 0.15) is 0 Å². The summed E-state index contributed by atoms with van der Waals surface area (Å²) < 4.78 is 2.55. The average Bonchev–Trinajstić information content (AvgIpc) is 3.06. The van der Waals surface area contributed by atoms with Crippen molar-refractivity contribution >= 4 is 59.4 Å². The summed E-state index contributed by atoms with van der Waals surface area (Å²) in [4.78, 5) is 12.2. The van der Waals surface area contributed by atoms with E-state index in [1.54, 1.807) is 6.92 Å². The van der Waals surface area contributed by atoms with E-state index in [1.807, 2.05) is 12.1 Å². The maximum atomic E-state index is 12.2. The zero-order chi connectivity index (χ0) is 13.5. The molecule has 1 atom stereocenters. The highest BCUT2D eigenvalue weighted by atomic mass is 79.9. The van der Waals surface area contributed by atoms with Crippen LogP contribution in [0.15, 0.2) is 25.6 Å². The number of anilines is 1. The van der Waals surface area contributed by atoms with Gasteiger partial charge >= 0.3 is 0 Å². The zero-order valence-corrected chi connectivity index (χ0v) is 14.5. The van der Waals surface area contributed by atoms with Crippen LogP contribution < -0.4 is 11.1 Å². The van der Waals surface area contributed by atoms with Gasteiger partial charge in [0.15, 0.2) is 0 Å². The fourth-order valence-corrected chi connectivity index (χ4v) is 4.24. The first-order valence-corrected chi connectivity index (χ1v) is 7.95. The van der Waals surface area contributed by atoms with Crippen LogP contribution in [-0.2, 0) is 4.79 Å². The number of carbonyl (C=O) groups excluding carboxylic acids is 1. The van der Waals surface area contributed by atoms with Gasteiger partial charge in [-0.15, -0.1) is 0 Å². The quantitative estimate of drug-likeness (QED) is 0.745. The molecule has 0 radical (unpaired) electrons. The Bertz CT molecular complexity index is 475. The number of halogens is 3. The summed E-state index contributed by atoms with van der Waals surface area (Å²) in [5.74, 6) is 0.152. The van der Waals surface area contributed by atoms with E-state index >= 15 is 0 Å². The predicted molar refractivity (Wildman–Crippen MR) is 83.5 cm³/mol. The molecule has 18 heavy (non-hydrogen) atoms. The summed E-state index contributed by atoms with van der Waals surface area (Å²) in [5, 5.41) is 2.89. The van der Waals surface area contributed by atoms with Crippen molar-refractivity contribution in [3.8, 4) is 0 Å². The Morgan fingerprint density at radius 3 is 2.28 bits per heavy atom.